The summed E-state index contributed by atoms with van der Waals surface area (Å²) in [6.45, 7) is 4.25. The molecule has 0 aromatic carbocycles. The quantitative estimate of drug-likeness (QED) is 0.265. The van der Waals surface area contributed by atoms with Crippen molar-refractivity contribution in [1.82, 2.24) is 4.90 Å². The van der Waals surface area contributed by atoms with Gasteiger partial charge in [0.15, 0.2) is 0 Å². The van der Waals surface area contributed by atoms with E-state index in [-0.39, 0.29) is 0 Å². The molecule has 1 fully saturated rings. The molecule has 138 valence electrons. The molecule has 1 saturated heterocycles. The number of carbonyl (C=O) groups is 1. The van der Waals surface area contributed by atoms with Crippen molar-refractivity contribution in [2.24, 2.45) is 0 Å². The van der Waals surface area contributed by atoms with Crippen LogP contribution in [0.5, 0.6) is 0 Å². The van der Waals surface area contributed by atoms with Crippen molar-refractivity contribution >= 4 is 5.91 Å². The fourth-order valence-electron chi connectivity index (χ4n) is 3.21. The Morgan fingerprint density at radius 2 is 1.38 bits per heavy atom. The van der Waals surface area contributed by atoms with Crippen LogP contribution < -0.4 is 0 Å². The number of likely N-dealkylation sites (tertiary alicyclic amines) is 1. The van der Waals surface area contributed by atoms with Gasteiger partial charge in [0.25, 0.3) is 0 Å². The minimum Gasteiger partial charge on any atom is -0.343 e. The van der Waals surface area contributed by atoms with Crippen LogP contribution in [-0.4, -0.2) is 23.9 Å². The highest BCUT2D eigenvalue weighted by Gasteiger charge is 2.16. The van der Waals surface area contributed by atoms with Gasteiger partial charge in [-0.2, -0.15) is 0 Å². The van der Waals surface area contributed by atoms with E-state index in [2.05, 4.69) is 31.2 Å². The number of amides is 1. The maximum atomic E-state index is 11.9. The molecule has 1 rings (SSSR count). The van der Waals surface area contributed by atoms with Crippen LogP contribution in [-0.2, 0) is 4.79 Å². The highest BCUT2D eigenvalue weighted by molar-refractivity contribution is 5.76. The Morgan fingerprint density at radius 1 is 0.792 bits per heavy atom. The van der Waals surface area contributed by atoms with E-state index in [1.807, 2.05) is 4.90 Å². The summed E-state index contributed by atoms with van der Waals surface area (Å²) in [4.78, 5) is 13.9. The first-order valence-electron chi connectivity index (χ1n) is 10.4. The van der Waals surface area contributed by atoms with Crippen LogP contribution in [0.25, 0.3) is 0 Å². The van der Waals surface area contributed by atoms with Crippen molar-refractivity contribution < 1.29 is 4.79 Å². The van der Waals surface area contributed by atoms with Gasteiger partial charge in [0.1, 0.15) is 0 Å². The molecule has 2 heteroatoms. The highest BCUT2D eigenvalue weighted by Crippen LogP contribution is 2.12. The largest absolute Gasteiger partial charge is 0.343 e. The molecule has 0 bridgehead atoms. The van der Waals surface area contributed by atoms with E-state index in [4.69, 9.17) is 0 Å². The normalized spacial score (nSPS) is 15.1. The summed E-state index contributed by atoms with van der Waals surface area (Å²) >= 11 is 0. The molecule has 0 aromatic heterocycles. The summed E-state index contributed by atoms with van der Waals surface area (Å²) in [5, 5.41) is 0. The summed E-state index contributed by atoms with van der Waals surface area (Å²) in [5.74, 6) is 0.383. The Labute approximate surface area is 150 Å². The maximum absolute atomic E-state index is 11.9. The lowest BCUT2D eigenvalue weighted by atomic mass is 10.1. The Kier molecular flexibility index (Phi) is 13.5. The third-order valence-corrected chi connectivity index (χ3v) is 4.80. The molecule has 0 aromatic rings. The van der Waals surface area contributed by atoms with Gasteiger partial charge in [0.2, 0.25) is 5.91 Å². The summed E-state index contributed by atoms with van der Waals surface area (Å²) in [7, 11) is 0. The maximum Gasteiger partial charge on any atom is 0.222 e. The van der Waals surface area contributed by atoms with Crippen LogP contribution in [0, 0.1) is 0 Å². The number of hydrogen-bond donors (Lipinski definition) is 0. The van der Waals surface area contributed by atoms with Crippen LogP contribution in [0.2, 0.25) is 0 Å². The van der Waals surface area contributed by atoms with Crippen molar-refractivity contribution in [3.8, 4) is 0 Å². The van der Waals surface area contributed by atoms with Gasteiger partial charge >= 0.3 is 0 Å². The number of hydrogen-bond acceptors (Lipinski definition) is 1. The SMILES string of the molecule is CCCCCC/C=C/C/C=C/CCCCCCC(=O)N1CCCC1. The van der Waals surface area contributed by atoms with E-state index in [0.717, 1.165) is 32.4 Å². The molecule has 1 heterocycles. The first kappa shape index (κ1) is 21.0. The van der Waals surface area contributed by atoms with E-state index in [9.17, 15) is 4.79 Å². The fraction of sp³-hybridized carbons (Fsp3) is 0.773. The van der Waals surface area contributed by atoms with Crippen LogP contribution in [0.4, 0.5) is 0 Å². The van der Waals surface area contributed by atoms with Crippen LogP contribution in [0.15, 0.2) is 24.3 Å². The van der Waals surface area contributed by atoms with Crippen molar-refractivity contribution in [3.05, 3.63) is 24.3 Å². The Hall–Kier alpha value is -1.05. The Balaban J connectivity index is 1.82. The van der Waals surface area contributed by atoms with Gasteiger partial charge in [-0.15, -0.1) is 0 Å². The average Bonchev–Trinajstić information content (AvgIpc) is 3.13. The van der Waals surface area contributed by atoms with Crippen molar-refractivity contribution in [1.29, 1.82) is 0 Å². The van der Waals surface area contributed by atoms with E-state index < -0.39 is 0 Å². The Bertz CT molecular complexity index is 353. The summed E-state index contributed by atoms with van der Waals surface area (Å²) < 4.78 is 0. The number of unbranched alkanes of at least 4 members (excludes halogenated alkanes) is 8. The summed E-state index contributed by atoms with van der Waals surface area (Å²) in [6, 6.07) is 0. The molecule has 0 unspecified atom stereocenters. The monoisotopic (exact) mass is 333 g/mol. The zero-order chi connectivity index (χ0) is 17.3. The molecule has 1 amide bonds. The van der Waals surface area contributed by atoms with Crippen molar-refractivity contribution in [2.45, 2.75) is 96.8 Å². The van der Waals surface area contributed by atoms with Crippen LogP contribution in [0.3, 0.4) is 0 Å². The molecule has 0 saturated carbocycles. The first-order chi connectivity index (χ1) is 11.8. The van der Waals surface area contributed by atoms with Gasteiger partial charge in [-0.05, 0) is 51.4 Å². The standard InChI is InChI=1S/C22H39NO/c1-2-3-4-5-6-7-8-9-10-11-12-13-14-15-16-19-22(24)23-20-17-18-21-23/h7-8,10-11H,2-6,9,12-21H2,1H3/b8-7+,11-10+. The van der Waals surface area contributed by atoms with Gasteiger partial charge < -0.3 is 4.90 Å². The second-order valence-electron chi connectivity index (χ2n) is 7.07. The average molecular weight is 334 g/mol. The van der Waals surface area contributed by atoms with Gasteiger partial charge in [0, 0.05) is 19.5 Å². The van der Waals surface area contributed by atoms with Gasteiger partial charge in [-0.3, -0.25) is 4.79 Å². The van der Waals surface area contributed by atoms with Gasteiger partial charge in [-0.25, -0.2) is 0 Å². The number of allylic oxidation sites excluding steroid dienone is 4. The lowest BCUT2D eigenvalue weighted by molar-refractivity contribution is -0.130. The number of rotatable bonds is 14. The summed E-state index contributed by atoms with van der Waals surface area (Å²) in [6.07, 6.45) is 26.1. The molecule has 1 aliphatic rings. The van der Waals surface area contributed by atoms with E-state index in [1.54, 1.807) is 0 Å². The van der Waals surface area contributed by atoms with Gasteiger partial charge in [0.05, 0.1) is 0 Å². The molecule has 0 aliphatic carbocycles. The third kappa shape index (κ3) is 11.5. The molecule has 2 nitrogen and oxygen atoms in total. The Morgan fingerprint density at radius 3 is 2.00 bits per heavy atom. The van der Waals surface area contributed by atoms with Crippen molar-refractivity contribution in [2.75, 3.05) is 13.1 Å². The number of nitrogens with zero attached hydrogens (tertiary/aromatic N) is 1. The third-order valence-electron chi connectivity index (χ3n) is 4.80. The van der Waals surface area contributed by atoms with Crippen LogP contribution in [0.1, 0.15) is 96.8 Å². The predicted octanol–water partition coefficient (Wildman–Crippen LogP) is 6.42. The zero-order valence-electron chi connectivity index (χ0n) is 16.0. The topological polar surface area (TPSA) is 20.3 Å². The van der Waals surface area contributed by atoms with Crippen molar-refractivity contribution in [3.63, 3.8) is 0 Å². The molecule has 24 heavy (non-hydrogen) atoms. The van der Waals surface area contributed by atoms with Crippen LogP contribution >= 0.6 is 0 Å². The zero-order valence-corrected chi connectivity index (χ0v) is 16.0. The summed E-state index contributed by atoms with van der Waals surface area (Å²) in [5.41, 5.74) is 0. The molecule has 0 N–H and O–H groups in total. The highest BCUT2D eigenvalue weighted by atomic mass is 16.2. The minimum absolute atomic E-state index is 0.383. The van der Waals surface area contributed by atoms with E-state index in [1.165, 1.54) is 70.6 Å². The molecule has 0 spiro atoms. The molecule has 0 atom stereocenters. The molecule has 1 aliphatic heterocycles. The van der Waals surface area contributed by atoms with E-state index >= 15 is 0 Å². The fourth-order valence-corrected chi connectivity index (χ4v) is 3.21. The predicted molar refractivity (Wildman–Crippen MR) is 105 cm³/mol. The second-order valence-corrected chi connectivity index (χ2v) is 7.07. The van der Waals surface area contributed by atoms with E-state index in [0.29, 0.717) is 5.91 Å². The smallest absolute Gasteiger partial charge is 0.222 e. The molecular formula is C22H39NO. The number of carbonyl (C=O) groups excluding carboxylic acids is 1. The first-order valence-corrected chi connectivity index (χ1v) is 10.4. The van der Waals surface area contributed by atoms with Gasteiger partial charge in [-0.1, -0.05) is 63.3 Å². The molecular weight excluding hydrogens is 294 g/mol. The molecule has 0 radical (unpaired) electrons. The minimum atomic E-state index is 0.383. The lowest BCUT2D eigenvalue weighted by Crippen LogP contribution is -2.27. The second kappa shape index (κ2) is 15.5. The lowest BCUT2D eigenvalue weighted by Gasteiger charge is -2.14.